The quantitative estimate of drug-likeness (QED) is 0.811. The van der Waals surface area contributed by atoms with E-state index >= 15 is 0 Å². The van der Waals surface area contributed by atoms with Gasteiger partial charge in [0.1, 0.15) is 5.82 Å². The van der Waals surface area contributed by atoms with Gasteiger partial charge in [-0.05, 0) is 36.2 Å². The van der Waals surface area contributed by atoms with E-state index in [4.69, 9.17) is 0 Å². The van der Waals surface area contributed by atoms with E-state index in [1.807, 2.05) is 19.1 Å². The van der Waals surface area contributed by atoms with Gasteiger partial charge in [-0.15, -0.1) is 0 Å². The maximum absolute atomic E-state index is 13.7. The summed E-state index contributed by atoms with van der Waals surface area (Å²) in [5.41, 5.74) is 3.25. The van der Waals surface area contributed by atoms with Crippen molar-refractivity contribution in [2.45, 2.75) is 20.0 Å². The molecular weight excluding hydrogens is 321 g/mol. The molecule has 102 valence electrons. The molecule has 0 fully saturated rings. The van der Waals surface area contributed by atoms with Crippen LogP contribution in [0.15, 0.2) is 40.9 Å². The van der Waals surface area contributed by atoms with Crippen molar-refractivity contribution in [3.8, 4) is 0 Å². The molecule has 0 atom stereocenters. The number of carbonyl (C=O) groups excluding carboxylic acids is 1. The predicted octanol–water partition coefficient (Wildman–Crippen LogP) is 4.05. The first kappa shape index (κ1) is 13.3. The first-order valence-corrected chi connectivity index (χ1v) is 7.17. The largest absolute Gasteiger partial charge is 0.330 e. The Morgan fingerprint density at radius 2 is 2.05 bits per heavy atom. The minimum Gasteiger partial charge on any atom is -0.330 e. The molecule has 2 nitrogen and oxygen atoms in total. The van der Waals surface area contributed by atoms with Gasteiger partial charge in [-0.2, -0.15) is 0 Å². The topological polar surface area (TPSA) is 20.3 Å². The number of fused-ring (bicyclic) bond motifs is 1. The van der Waals surface area contributed by atoms with E-state index < -0.39 is 0 Å². The fourth-order valence-corrected chi connectivity index (χ4v) is 3.26. The molecule has 0 N–H and O–H groups in total. The van der Waals surface area contributed by atoms with Crippen molar-refractivity contribution in [3.63, 3.8) is 0 Å². The highest BCUT2D eigenvalue weighted by Gasteiger charge is 2.29. The molecule has 4 heteroatoms. The summed E-state index contributed by atoms with van der Waals surface area (Å²) in [6.07, 6.45) is 0. The number of hydrogen-bond donors (Lipinski definition) is 0. The Morgan fingerprint density at radius 3 is 2.80 bits per heavy atom. The number of aryl methyl sites for hydroxylation is 1. The minimum atomic E-state index is -0.269. The van der Waals surface area contributed by atoms with E-state index in [1.165, 1.54) is 6.07 Å². The Morgan fingerprint density at radius 1 is 1.30 bits per heavy atom. The Bertz CT molecular complexity index is 699. The maximum atomic E-state index is 13.7. The van der Waals surface area contributed by atoms with Gasteiger partial charge in [0, 0.05) is 28.7 Å². The molecule has 0 unspecified atom stereocenters. The zero-order valence-electron chi connectivity index (χ0n) is 11.0. The van der Waals surface area contributed by atoms with Crippen LogP contribution in [0.25, 0.3) is 0 Å². The monoisotopic (exact) mass is 333 g/mol. The second kappa shape index (κ2) is 5.02. The average Bonchev–Trinajstić information content (AvgIpc) is 2.69. The van der Waals surface area contributed by atoms with Crippen LogP contribution < -0.4 is 0 Å². The van der Waals surface area contributed by atoms with Crippen molar-refractivity contribution < 1.29 is 9.18 Å². The van der Waals surface area contributed by atoms with Crippen molar-refractivity contribution in [2.24, 2.45) is 0 Å². The zero-order chi connectivity index (χ0) is 14.3. The van der Waals surface area contributed by atoms with Crippen LogP contribution in [-0.4, -0.2) is 10.8 Å². The molecule has 2 aromatic rings. The van der Waals surface area contributed by atoms with Crippen LogP contribution >= 0.6 is 15.9 Å². The van der Waals surface area contributed by atoms with Gasteiger partial charge >= 0.3 is 0 Å². The number of nitrogens with zero attached hydrogens (tertiary/aromatic N) is 1. The molecule has 3 rings (SSSR count). The van der Waals surface area contributed by atoms with Crippen molar-refractivity contribution in [2.75, 3.05) is 0 Å². The summed E-state index contributed by atoms with van der Waals surface area (Å²) in [5.74, 6) is -0.289. The molecule has 0 spiro atoms. The third-order valence-corrected chi connectivity index (χ3v) is 4.02. The number of benzene rings is 2. The normalized spacial score (nSPS) is 13.8. The summed E-state index contributed by atoms with van der Waals surface area (Å²) in [6.45, 7) is 2.76. The third kappa shape index (κ3) is 2.24. The lowest BCUT2D eigenvalue weighted by Crippen LogP contribution is -2.24. The lowest BCUT2D eigenvalue weighted by Gasteiger charge is -2.16. The highest BCUT2D eigenvalue weighted by atomic mass is 79.9. The van der Waals surface area contributed by atoms with Gasteiger partial charge in [0.25, 0.3) is 5.91 Å². The van der Waals surface area contributed by atoms with Crippen LogP contribution in [-0.2, 0) is 13.1 Å². The average molecular weight is 334 g/mol. The molecule has 0 bridgehead atoms. The number of hydrogen-bond acceptors (Lipinski definition) is 1. The second-order valence-corrected chi connectivity index (χ2v) is 5.93. The fourth-order valence-electron chi connectivity index (χ4n) is 2.64. The van der Waals surface area contributed by atoms with Crippen LogP contribution in [0.4, 0.5) is 4.39 Å². The van der Waals surface area contributed by atoms with Crippen LogP contribution in [0.1, 0.15) is 27.0 Å². The van der Waals surface area contributed by atoms with Crippen LogP contribution in [0.5, 0.6) is 0 Å². The summed E-state index contributed by atoms with van der Waals surface area (Å²) in [7, 11) is 0. The number of amides is 1. The molecule has 20 heavy (non-hydrogen) atoms. The van der Waals surface area contributed by atoms with E-state index in [-0.39, 0.29) is 11.7 Å². The molecule has 1 amide bonds. The fraction of sp³-hybridized carbons (Fsp3) is 0.188. The van der Waals surface area contributed by atoms with Gasteiger partial charge < -0.3 is 4.90 Å². The van der Waals surface area contributed by atoms with E-state index in [9.17, 15) is 9.18 Å². The molecule has 0 aliphatic carbocycles. The van der Waals surface area contributed by atoms with Crippen molar-refractivity contribution in [1.82, 2.24) is 4.90 Å². The summed E-state index contributed by atoms with van der Waals surface area (Å²) < 4.78 is 14.7. The summed E-state index contributed by atoms with van der Waals surface area (Å²) in [4.78, 5) is 14.1. The van der Waals surface area contributed by atoms with E-state index in [0.29, 0.717) is 18.7 Å². The summed E-state index contributed by atoms with van der Waals surface area (Å²) >= 11 is 3.44. The van der Waals surface area contributed by atoms with Crippen molar-refractivity contribution in [1.29, 1.82) is 0 Å². The predicted molar refractivity (Wildman–Crippen MR) is 78.9 cm³/mol. The Labute approximate surface area is 125 Å². The van der Waals surface area contributed by atoms with Gasteiger partial charge in [-0.25, -0.2) is 4.39 Å². The third-order valence-electron chi connectivity index (χ3n) is 3.56. The molecule has 2 aromatic carbocycles. The molecular formula is C16H13BrFNO. The smallest absolute Gasteiger partial charge is 0.255 e. The summed E-state index contributed by atoms with van der Waals surface area (Å²) in [6, 6.07) is 10.5. The van der Waals surface area contributed by atoms with E-state index in [2.05, 4.69) is 15.9 Å². The molecule has 1 aliphatic heterocycles. The molecule has 0 aromatic heterocycles. The molecule has 0 saturated carbocycles. The Kier molecular flexibility index (Phi) is 3.34. The lowest BCUT2D eigenvalue weighted by molar-refractivity contribution is 0.0764. The highest BCUT2D eigenvalue weighted by molar-refractivity contribution is 9.10. The second-order valence-electron chi connectivity index (χ2n) is 5.01. The van der Waals surface area contributed by atoms with Gasteiger partial charge in [0.15, 0.2) is 0 Å². The minimum absolute atomic E-state index is 0.0201. The number of rotatable bonds is 2. The molecule has 0 saturated heterocycles. The van der Waals surface area contributed by atoms with Gasteiger partial charge in [0.2, 0.25) is 0 Å². The van der Waals surface area contributed by atoms with Crippen LogP contribution in [0.3, 0.4) is 0 Å². The van der Waals surface area contributed by atoms with E-state index in [1.54, 1.807) is 23.1 Å². The van der Waals surface area contributed by atoms with Gasteiger partial charge in [-0.1, -0.05) is 34.1 Å². The first-order valence-electron chi connectivity index (χ1n) is 6.38. The van der Waals surface area contributed by atoms with E-state index in [0.717, 1.165) is 21.2 Å². The first-order chi connectivity index (χ1) is 9.56. The van der Waals surface area contributed by atoms with Crippen molar-refractivity contribution in [3.05, 3.63) is 68.9 Å². The Hall–Kier alpha value is -1.68. The molecule has 0 radical (unpaired) electrons. The lowest BCUT2D eigenvalue weighted by atomic mass is 10.0. The highest BCUT2D eigenvalue weighted by Crippen LogP contribution is 2.30. The van der Waals surface area contributed by atoms with Gasteiger partial charge in [-0.3, -0.25) is 4.79 Å². The van der Waals surface area contributed by atoms with Crippen LogP contribution in [0.2, 0.25) is 0 Å². The molecule has 1 heterocycles. The standard InChI is InChI=1S/C16H13BrFNO/c1-10-6-13(17)7-12-9-19(16(20)15(10)12)8-11-4-2-3-5-14(11)18/h2-7H,8-9H2,1H3. The SMILES string of the molecule is Cc1cc(Br)cc2c1C(=O)N(Cc1ccccc1F)C2. The molecule has 1 aliphatic rings. The zero-order valence-corrected chi connectivity index (χ0v) is 12.6. The Balaban J connectivity index is 1.91. The maximum Gasteiger partial charge on any atom is 0.255 e. The van der Waals surface area contributed by atoms with Crippen molar-refractivity contribution >= 4 is 21.8 Å². The number of carbonyl (C=O) groups is 1. The number of halogens is 2. The van der Waals surface area contributed by atoms with Crippen LogP contribution in [0, 0.1) is 12.7 Å². The van der Waals surface area contributed by atoms with Gasteiger partial charge in [0.05, 0.1) is 0 Å². The summed E-state index contributed by atoms with van der Waals surface area (Å²) in [5, 5.41) is 0.